The molecule has 1 rings (SSSR count). The summed E-state index contributed by atoms with van der Waals surface area (Å²) < 4.78 is 0. The minimum atomic E-state index is -1.13. The zero-order valence-corrected chi connectivity index (χ0v) is 6.28. The Bertz CT molecular complexity index is 318. The highest BCUT2D eigenvalue weighted by Crippen LogP contribution is 2.13. The van der Waals surface area contributed by atoms with Gasteiger partial charge in [0.25, 0.3) is 0 Å². The highest BCUT2D eigenvalue weighted by atomic mass is 16.3. The highest BCUT2D eigenvalue weighted by Gasteiger charge is 2.27. The van der Waals surface area contributed by atoms with Crippen molar-refractivity contribution in [1.82, 2.24) is 5.32 Å². The first kappa shape index (κ1) is 8.32. The van der Waals surface area contributed by atoms with E-state index in [4.69, 9.17) is 15.6 Å². The Morgan fingerprint density at radius 2 is 2.33 bits per heavy atom. The third kappa shape index (κ3) is 1.29. The van der Waals surface area contributed by atoms with Gasteiger partial charge in [-0.3, -0.25) is 0 Å². The van der Waals surface area contributed by atoms with Gasteiger partial charge in [0.05, 0.1) is 24.3 Å². The third-order valence-corrected chi connectivity index (χ3v) is 1.58. The van der Waals surface area contributed by atoms with E-state index in [1.165, 1.54) is 12.3 Å². The molecule has 0 fully saturated rings. The molecule has 0 aliphatic carbocycles. The fourth-order valence-corrected chi connectivity index (χ4v) is 0.896. The van der Waals surface area contributed by atoms with E-state index in [1.807, 2.05) is 12.1 Å². The van der Waals surface area contributed by atoms with Crippen LogP contribution in [0.2, 0.25) is 0 Å². The zero-order chi connectivity index (χ0) is 9.03. The van der Waals surface area contributed by atoms with Gasteiger partial charge in [0.15, 0.2) is 5.54 Å². The molecule has 2 N–H and O–H groups in total. The van der Waals surface area contributed by atoms with Crippen molar-refractivity contribution in [2.45, 2.75) is 5.54 Å². The molecule has 0 saturated heterocycles. The molecular weight excluding hydrogens is 154 g/mol. The second-order valence-corrected chi connectivity index (χ2v) is 2.43. The van der Waals surface area contributed by atoms with Crippen LogP contribution < -0.4 is 5.32 Å². The Hall–Kier alpha value is -1.78. The number of hydrogen-bond acceptors (Lipinski definition) is 4. The number of allylic oxidation sites excluding steroid dienone is 2. The second-order valence-electron chi connectivity index (χ2n) is 2.43. The summed E-state index contributed by atoms with van der Waals surface area (Å²) in [6.07, 6.45) is 4.44. The SMILES string of the molecule is N#CC1=CC(C#N)(CO)NC=C1. The van der Waals surface area contributed by atoms with Gasteiger partial charge in [-0.25, -0.2) is 0 Å². The maximum absolute atomic E-state index is 8.88. The lowest BCUT2D eigenvalue weighted by atomic mass is 9.97. The van der Waals surface area contributed by atoms with Crippen LogP contribution in [0.25, 0.3) is 0 Å². The zero-order valence-electron chi connectivity index (χ0n) is 6.28. The molecule has 0 radical (unpaired) electrons. The molecule has 1 atom stereocenters. The Morgan fingerprint density at radius 1 is 1.58 bits per heavy atom. The fourth-order valence-electron chi connectivity index (χ4n) is 0.896. The molecular formula is C8H7N3O. The van der Waals surface area contributed by atoms with E-state index in [2.05, 4.69) is 5.32 Å². The fraction of sp³-hybridized carbons (Fsp3) is 0.250. The van der Waals surface area contributed by atoms with Crippen LogP contribution in [0.3, 0.4) is 0 Å². The highest BCUT2D eigenvalue weighted by molar-refractivity contribution is 5.42. The molecule has 0 aromatic carbocycles. The molecule has 60 valence electrons. The van der Waals surface area contributed by atoms with Gasteiger partial charge in [0.1, 0.15) is 0 Å². The molecule has 1 unspecified atom stereocenters. The van der Waals surface area contributed by atoms with Crippen LogP contribution in [0.5, 0.6) is 0 Å². The monoisotopic (exact) mass is 161 g/mol. The number of rotatable bonds is 1. The van der Waals surface area contributed by atoms with Crippen LogP contribution in [0.4, 0.5) is 0 Å². The van der Waals surface area contributed by atoms with Gasteiger partial charge in [-0.1, -0.05) is 0 Å². The maximum atomic E-state index is 8.88. The number of aliphatic hydroxyl groups excluding tert-OH is 1. The normalized spacial score (nSPS) is 26.4. The Morgan fingerprint density at radius 3 is 2.83 bits per heavy atom. The van der Waals surface area contributed by atoms with Crippen molar-refractivity contribution in [3.63, 3.8) is 0 Å². The Kier molecular flexibility index (Phi) is 2.14. The summed E-state index contributed by atoms with van der Waals surface area (Å²) in [6, 6.07) is 3.79. The maximum Gasteiger partial charge on any atom is 0.168 e. The van der Waals surface area contributed by atoms with E-state index < -0.39 is 5.54 Å². The van der Waals surface area contributed by atoms with Crippen molar-refractivity contribution in [3.05, 3.63) is 23.9 Å². The average Bonchev–Trinajstić information content (AvgIpc) is 2.18. The number of nitrogens with zero attached hydrogens (tertiary/aromatic N) is 2. The first-order valence-electron chi connectivity index (χ1n) is 3.36. The van der Waals surface area contributed by atoms with Crippen molar-refractivity contribution in [2.24, 2.45) is 0 Å². The molecule has 12 heavy (non-hydrogen) atoms. The van der Waals surface area contributed by atoms with Gasteiger partial charge in [-0.2, -0.15) is 10.5 Å². The molecule has 0 amide bonds. The standard InChI is InChI=1S/C8H7N3O/c9-4-7-1-2-11-8(3-7,5-10)6-12/h1-3,11-12H,6H2. The molecule has 0 spiro atoms. The summed E-state index contributed by atoms with van der Waals surface area (Å²) in [5.74, 6) is 0. The summed E-state index contributed by atoms with van der Waals surface area (Å²) >= 11 is 0. The van der Waals surface area contributed by atoms with Crippen LogP contribution in [-0.4, -0.2) is 17.3 Å². The molecule has 0 aromatic heterocycles. The Balaban J connectivity index is 3.00. The summed E-state index contributed by atoms with van der Waals surface area (Å²) in [5.41, 5.74) is -0.746. The lowest BCUT2D eigenvalue weighted by Gasteiger charge is -2.23. The van der Waals surface area contributed by atoms with Crippen LogP contribution in [0.1, 0.15) is 0 Å². The molecule has 1 heterocycles. The van der Waals surface area contributed by atoms with Crippen LogP contribution in [0.15, 0.2) is 23.9 Å². The van der Waals surface area contributed by atoms with E-state index in [0.29, 0.717) is 5.57 Å². The number of hydrogen-bond donors (Lipinski definition) is 2. The van der Waals surface area contributed by atoms with Gasteiger partial charge in [0, 0.05) is 0 Å². The van der Waals surface area contributed by atoms with Crippen molar-refractivity contribution < 1.29 is 5.11 Å². The summed E-state index contributed by atoms with van der Waals surface area (Å²) in [6.45, 7) is -0.348. The molecule has 0 bridgehead atoms. The van der Waals surface area contributed by atoms with E-state index in [0.717, 1.165) is 0 Å². The number of dihydropyridines is 1. The molecule has 4 nitrogen and oxygen atoms in total. The van der Waals surface area contributed by atoms with Crippen molar-refractivity contribution in [1.29, 1.82) is 10.5 Å². The Labute approximate surface area is 70.0 Å². The molecule has 0 saturated carbocycles. The third-order valence-electron chi connectivity index (χ3n) is 1.58. The van der Waals surface area contributed by atoms with E-state index in [-0.39, 0.29) is 6.61 Å². The summed E-state index contributed by atoms with van der Waals surface area (Å²) in [5, 5.41) is 28.8. The van der Waals surface area contributed by atoms with E-state index >= 15 is 0 Å². The van der Waals surface area contributed by atoms with Gasteiger partial charge in [-0.15, -0.1) is 0 Å². The number of nitriles is 2. The van der Waals surface area contributed by atoms with E-state index in [1.54, 1.807) is 6.08 Å². The van der Waals surface area contributed by atoms with Crippen LogP contribution in [0, 0.1) is 22.7 Å². The predicted molar refractivity (Wildman–Crippen MR) is 41.4 cm³/mol. The molecule has 4 heteroatoms. The predicted octanol–water partition coefficient (Wildman–Crippen LogP) is -0.192. The molecule has 1 aliphatic heterocycles. The average molecular weight is 161 g/mol. The minimum absolute atomic E-state index is 0.348. The second kappa shape index (κ2) is 3.08. The quantitative estimate of drug-likeness (QED) is 0.558. The lowest BCUT2D eigenvalue weighted by Crippen LogP contribution is -2.44. The van der Waals surface area contributed by atoms with Crippen molar-refractivity contribution in [2.75, 3.05) is 6.61 Å². The van der Waals surface area contributed by atoms with Crippen LogP contribution >= 0.6 is 0 Å². The smallest absolute Gasteiger partial charge is 0.168 e. The number of nitrogens with one attached hydrogen (secondary N) is 1. The van der Waals surface area contributed by atoms with Gasteiger partial charge >= 0.3 is 0 Å². The van der Waals surface area contributed by atoms with Crippen LogP contribution in [-0.2, 0) is 0 Å². The topological polar surface area (TPSA) is 79.8 Å². The summed E-state index contributed by atoms with van der Waals surface area (Å²) in [7, 11) is 0. The van der Waals surface area contributed by atoms with Gasteiger partial charge in [-0.05, 0) is 18.4 Å². The first-order chi connectivity index (χ1) is 5.76. The van der Waals surface area contributed by atoms with Crippen molar-refractivity contribution in [3.8, 4) is 12.1 Å². The summed E-state index contributed by atoms with van der Waals surface area (Å²) in [4.78, 5) is 0. The van der Waals surface area contributed by atoms with Crippen molar-refractivity contribution >= 4 is 0 Å². The molecule has 1 aliphatic rings. The van der Waals surface area contributed by atoms with Gasteiger partial charge in [0.2, 0.25) is 0 Å². The molecule has 0 aromatic rings. The van der Waals surface area contributed by atoms with Gasteiger partial charge < -0.3 is 10.4 Å². The largest absolute Gasteiger partial charge is 0.392 e. The lowest BCUT2D eigenvalue weighted by molar-refractivity contribution is 0.240. The number of aliphatic hydroxyl groups is 1. The first-order valence-corrected chi connectivity index (χ1v) is 3.36. The minimum Gasteiger partial charge on any atom is -0.392 e. The van der Waals surface area contributed by atoms with E-state index in [9.17, 15) is 0 Å².